The van der Waals surface area contributed by atoms with E-state index in [1.165, 1.54) is 29.6 Å². The summed E-state index contributed by atoms with van der Waals surface area (Å²) in [5.41, 5.74) is 2.72. The van der Waals surface area contributed by atoms with Crippen LogP contribution in [0.4, 0.5) is 11.4 Å². The summed E-state index contributed by atoms with van der Waals surface area (Å²) in [6.07, 6.45) is -0.263. The number of carboxylic acid groups (broad SMARTS) is 2. The number of rotatable bonds is 22. The molecular weight excluding hydrogens is 969 g/mol. The summed E-state index contributed by atoms with van der Waals surface area (Å²) in [4.78, 5) is 22.1. The van der Waals surface area contributed by atoms with Gasteiger partial charge in [-0.2, -0.15) is 0 Å². The first-order chi connectivity index (χ1) is 33.0. The molecule has 7 rings (SSSR count). The second-order valence-corrected chi connectivity index (χ2v) is 21.2. The largest absolute Gasteiger partial charge is 0.490 e. The smallest absolute Gasteiger partial charge is 0.307 e. The van der Waals surface area contributed by atoms with E-state index in [4.69, 9.17) is 29.2 Å². The van der Waals surface area contributed by atoms with Crippen LogP contribution in [0, 0.1) is 6.92 Å². The number of sulfone groups is 1. The van der Waals surface area contributed by atoms with Gasteiger partial charge in [-0.3, -0.25) is 19.0 Å². The van der Waals surface area contributed by atoms with Crippen LogP contribution in [0.3, 0.4) is 0 Å². The fraction of sp³-hybridized carbons (Fsp3) is 0.143. The predicted molar refractivity (Wildman–Crippen MR) is 259 cm³/mol. The van der Waals surface area contributed by atoms with Crippen LogP contribution in [-0.4, -0.2) is 73.8 Å². The second-order valence-electron chi connectivity index (χ2n) is 14.7. The predicted octanol–water partition coefficient (Wildman–Crippen LogP) is 8.35. The van der Waals surface area contributed by atoms with Crippen molar-refractivity contribution in [3.05, 3.63) is 180 Å². The van der Waals surface area contributed by atoms with Gasteiger partial charge in [0.2, 0.25) is 9.84 Å². The number of carbonyl (C=O) groups is 2. The minimum Gasteiger partial charge on any atom is -0.490 e. The van der Waals surface area contributed by atoms with Gasteiger partial charge in [-0.1, -0.05) is 66.7 Å². The van der Waals surface area contributed by atoms with Gasteiger partial charge in [0.15, 0.2) is 0 Å². The number of nitrogens with one attached hydrogen (secondary N) is 2. The van der Waals surface area contributed by atoms with E-state index in [9.17, 15) is 34.8 Å². The highest BCUT2D eigenvalue weighted by molar-refractivity contribution is 7.95. The summed E-state index contributed by atoms with van der Waals surface area (Å²) in [6.45, 7) is 2.67. The topological polar surface area (TPSA) is 238 Å². The maximum Gasteiger partial charge on any atom is 0.307 e. The highest BCUT2D eigenvalue weighted by Crippen LogP contribution is 2.30. The Hall–Kier alpha value is -7.39. The van der Waals surface area contributed by atoms with E-state index in [-0.39, 0.29) is 63.9 Å². The first kappa shape index (κ1) is 51.0. The molecule has 0 fully saturated rings. The van der Waals surface area contributed by atoms with E-state index in [1.807, 2.05) is 13.0 Å². The summed E-state index contributed by atoms with van der Waals surface area (Å²) < 4.78 is 103. The Kier molecular flexibility index (Phi) is 17.4. The number of aryl methyl sites for hydroxylation is 1. The normalized spacial score (nSPS) is 11.3. The molecule has 4 N–H and O–H groups in total. The van der Waals surface area contributed by atoms with E-state index in [2.05, 4.69) is 9.44 Å². The molecule has 7 aromatic rings. The number of aliphatic carboxylic acids is 2. The second kappa shape index (κ2) is 23.6. The maximum atomic E-state index is 12.8. The molecule has 0 bridgehead atoms. The molecule has 20 heteroatoms. The molecule has 69 heavy (non-hydrogen) atoms. The molecule has 0 saturated heterocycles. The van der Waals surface area contributed by atoms with Crippen LogP contribution in [0.1, 0.15) is 16.7 Å². The summed E-state index contributed by atoms with van der Waals surface area (Å²) in [6, 6.07) is 42.2. The number of anilines is 2. The molecule has 0 spiro atoms. The molecular formula is C49H46N2O14S4. The first-order valence-electron chi connectivity index (χ1n) is 20.8. The Morgan fingerprint density at radius 1 is 0.493 bits per heavy atom. The van der Waals surface area contributed by atoms with E-state index in [1.54, 1.807) is 121 Å². The van der Waals surface area contributed by atoms with Crippen LogP contribution in [0.15, 0.2) is 182 Å². The van der Waals surface area contributed by atoms with Gasteiger partial charge in [0.25, 0.3) is 20.0 Å². The third-order valence-electron chi connectivity index (χ3n) is 9.54. The number of ether oxygens (including phenoxy) is 4. The van der Waals surface area contributed by atoms with Crippen molar-refractivity contribution in [2.24, 2.45) is 0 Å². The summed E-state index contributed by atoms with van der Waals surface area (Å²) >= 11 is 0.815. The molecule has 360 valence electrons. The monoisotopic (exact) mass is 1010 g/mol. The average Bonchev–Trinajstić information content (AvgIpc) is 3.85. The Labute approximate surface area is 403 Å². The van der Waals surface area contributed by atoms with Crippen LogP contribution in [0.25, 0.3) is 0 Å². The molecule has 0 radical (unpaired) electrons. The van der Waals surface area contributed by atoms with Crippen LogP contribution < -0.4 is 28.4 Å². The Morgan fingerprint density at radius 3 is 1.43 bits per heavy atom. The highest BCUT2D eigenvalue weighted by Gasteiger charge is 2.24. The number of hydrogen-bond acceptors (Lipinski definition) is 13. The molecule has 16 nitrogen and oxygen atoms in total. The average molecular weight is 1020 g/mol. The summed E-state index contributed by atoms with van der Waals surface area (Å²) in [5.74, 6) is 0.129. The summed E-state index contributed by atoms with van der Waals surface area (Å²) in [7, 11) is -11.5. The zero-order chi connectivity index (χ0) is 49.4. The van der Waals surface area contributed by atoms with E-state index in [0.717, 1.165) is 23.0 Å². The fourth-order valence-electron chi connectivity index (χ4n) is 6.29. The van der Waals surface area contributed by atoms with Crippen LogP contribution in [0.2, 0.25) is 0 Å². The van der Waals surface area contributed by atoms with Gasteiger partial charge in [-0.05, 0) is 103 Å². The van der Waals surface area contributed by atoms with Crippen LogP contribution >= 0.6 is 11.3 Å². The Morgan fingerprint density at radius 2 is 0.942 bits per heavy atom. The van der Waals surface area contributed by atoms with Crippen molar-refractivity contribution in [1.29, 1.82) is 0 Å². The number of sulfonamides is 2. The van der Waals surface area contributed by atoms with Gasteiger partial charge < -0.3 is 29.2 Å². The first-order valence-corrected chi connectivity index (χ1v) is 26.1. The molecule has 6 aromatic carbocycles. The molecule has 0 aliphatic carbocycles. The zero-order valence-corrected chi connectivity index (χ0v) is 40.0. The lowest BCUT2D eigenvalue weighted by Crippen LogP contribution is -2.13. The van der Waals surface area contributed by atoms with Crippen molar-refractivity contribution in [3.8, 4) is 23.0 Å². The van der Waals surface area contributed by atoms with E-state index < -0.39 is 41.8 Å². The third-order valence-corrected chi connectivity index (χ3v) is 15.6. The van der Waals surface area contributed by atoms with E-state index >= 15 is 0 Å². The van der Waals surface area contributed by atoms with Gasteiger partial charge in [0.05, 0.1) is 27.5 Å². The van der Waals surface area contributed by atoms with Crippen LogP contribution in [-0.2, 0) is 52.3 Å². The molecule has 0 saturated carbocycles. The lowest BCUT2D eigenvalue weighted by Gasteiger charge is -2.12. The van der Waals surface area contributed by atoms with Crippen molar-refractivity contribution >= 4 is 64.5 Å². The molecule has 0 unspecified atom stereocenters. The molecule has 0 aliphatic rings. The molecule has 1 aromatic heterocycles. The van der Waals surface area contributed by atoms with Crippen molar-refractivity contribution in [3.63, 3.8) is 0 Å². The molecule has 0 amide bonds. The molecule has 1 heterocycles. The van der Waals surface area contributed by atoms with Gasteiger partial charge in [-0.15, -0.1) is 11.3 Å². The van der Waals surface area contributed by atoms with E-state index in [0.29, 0.717) is 39.8 Å². The summed E-state index contributed by atoms with van der Waals surface area (Å²) in [5, 5.41) is 19.3. The Bertz CT molecular complexity index is 3180. The van der Waals surface area contributed by atoms with Crippen molar-refractivity contribution < 1.29 is 64.0 Å². The standard InChI is InChI=1S/C26H23NO8S3.C23H23NO6S/c28-25(29)16-19-6-4-5-9-24(19)35-15-14-34-21-12-10-20(11-13-21)27-38(32,33)26-17-23(18-36-26)37(30,31)22-7-2-1-3-8-22;1-17-5-4-7-21(15-17)31(27,28)24-19-9-11-20(12-10-19)29-13-14-30-22-8-3-2-6-18(22)16-23(25)26/h1-13,17-18,27H,14-16H2,(H,28,29);2-12,15,24H,13-14,16H2,1H3,(H,25,26). The minimum atomic E-state index is -4.01. The lowest BCUT2D eigenvalue weighted by atomic mass is 10.1. The van der Waals surface area contributed by atoms with Crippen LogP contribution in [0.5, 0.6) is 23.0 Å². The van der Waals surface area contributed by atoms with Crippen molar-refractivity contribution in [2.75, 3.05) is 35.9 Å². The minimum absolute atomic E-state index is 0.0835. The zero-order valence-electron chi connectivity index (χ0n) is 36.8. The third kappa shape index (κ3) is 15.1. The van der Waals surface area contributed by atoms with Crippen molar-refractivity contribution in [1.82, 2.24) is 0 Å². The van der Waals surface area contributed by atoms with Crippen molar-refractivity contribution in [2.45, 2.75) is 38.7 Å². The molecule has 0 atom stereocenters. The number of benzene rings is 6. The SMILES string of the molecule is Cc1cccc(S(=O)(=O)Nc2ccc(OCCOc3ccccc3CC(=O)O)cc2)c1.O=C(O)Cc1ccccc1OCCOc1ccc(NS(=O)(=O)c2cc(S(=O)(=O)c3ccccc3)cs2)cc1. The number of thiophene rings is 1. The molecule has 0 aliphatic heterocycles. The quantitative estimate of drug-likeness (QED) is 0.0467. The van der Waals surface area contributed by atoms with Gasteiger partial charge in [-0.25, -0.2) is 25.3 Å². The lowest BCUT2D eigenvalue weighted by molar-refractivity contribution is -0.137. The van der Waals surface area contributed by atoms with Gasteiger partial charge in [0, 0.05) is 27.9 Å². The fourth-order valence-corrected chi connectivity index (χ4v) is 11.4. The van der Waals surface area contributed by atoms with Gasteiger partial charge >= 0.3 is 11.9 Å². The van der Waals surface area contributed by atoms with Gasteiger partial charge in [0.1, 0.15) is 53.6 Å². The highest BCUT2D eigenvalue weighted by atomic mass is 32.2. The Balaban J connectivity index is 0.000000232. The maximum absolute atomic E-state index is 12.8. The number of carboxylic acids is 2. The number of para-hydroxylation sites is 2. The number of hydrogen-bond donors (Lipinski definition) is 4.